The predicted molar refractivity (Wildman–Crippen MR) is 138 cm³/mol. The van der Waals surface area contributed by atoms with Crippen LogP contribution in [0.25, 0.3) is 22.1 Å². The fourth-order valence-corrected chi connectivity index (χ4v) is 4.42. The number of aryl methyl sites for hydroxylation is 1. The van der Waals surface area contributed by atoms with E-state index >= 15 is 0 Å². The van der Waals surface area contributed by atoms with E-state index in [0.717, 1.165) is 29.7 Å². The van der Waals surface area contributed by atoms with E-state index in [1.807, 2.05) is 53.9 Å². The Morgan fingerprint density at radius 3 is 2.86 bits per heavy atom. The molecule has 1 atom stereocenters. The Kier molecular flexibility index (Phi) is 5.74. The molecule has 1 aliphatic heterocycles. The van der Waals surface area contributed by atoms with E-state index in [1.165, 1.54) is 6.33 Å². The van der Waals surface area contributed by atoms with E-state index in [2.05, 4.69) is 25.3 Å². The number of fused-ring (bicyclic) bond motifs is 2. The molecule has 10 nitrogen and oxygen atoms in total. The van der Waals surface area contributed by atoms with Crippen molar-refractivity contribution in [1.82, 2.24) is 29.5 Å². The topological polar surface area (TPSA) is 103 Å². The molecule has 1 aliphatic rings. The number of nitrogens with one attached hydrogen (secondary N) is 1. The van der Waals surface area contributed by atoms with Crippen molar-refractivity contribution in [3.05, 3.63) is 60.3 Å². The van der Waals surface area contributed by atoms with Crippen LogP contribution in [0.3, 0.4) is 0 Å². The SMILES string of the molecule is CN(c1ncc2ncnc(Nc3ccc(Oc4ccc5c(c4)ncn5C)c(Cl)c3)c2n1)[C@H]1CCOC1. The van der Waals surface area contributed by atoms with Gasteiger partial charge in [-0.15, -0.1) is 0 Å². The van der Waals surface area contributed by atoms with Gasteiger partial charge in [-0.25, -0.2) is 24.9 Å². The molecule has 6 rings (SSSR count). The van der Waals surface area contributed by atoms with Crippen molar-refractivity contribution < 1.29 is 9.47 Å². The Bertz CT molecular complexity index is 1570. The van der Waals surface area contributed by atoms with Gasteiger partial charge in [0.1, 0.15) is 28.9 Å². The molecule has 1 N–H and O–H groups in total. The third kappa shape index (κ3) is 4.25. The number of hydrogen-bond donors (Lipinski definition) is 1. The van der Waals surface area contributed by atoms with Gasteiger partial charge in [0.2, 0.25) is 5.95 Å². The van der Waals surface area contributed by atoms with Crippen LogP contribution in [0, 0.1) is 0 Å². The zero-order chi connectivity index (χ0) is 24.6. The summed E-state index contributed by atoms with van der Waals surface area (Å²) in [6.07, 6.45) is 5.90. The Balaban J connectivity index is 1.24. The van der Waals surface area contributed by atoms with Crippen LogP contribution in [0.15, 0.2) is 55.2 Å². The molecule has 1 saturated heterocycles. The van der Waals surface area contributed by atoms with Gasteiger partial charge in [-0.2, -0.15) is 0 Å². The summed E-state index contributed by atoms with van der Waals surface area (Å²) in [6, 6.07) is 11.5. The highest BCUT2D eigenvalue weighted by Gasteiger charge is 2.23. The molecule has 0 radical (unpaired) electrons. The van der Waals surface area contributed by atoms with Crippen LogP contribution < -0.4 is 15.0 Å². The van der Waals surface area contributed by atoms with Gasteiger partial charge in [0.05, 0.1) is 41.2 Å². The maximum Gasteiger partial charge on any atom is 0.226 e. The maximum atomic E-state index is 6.56. The van der Waals surface area contributed by atoms with Gasteiger partial charge in [-0.1, -0.05) is 11.6 Å². The van der Waals surface area contributed by atoms with Crippen LogP contribution in [-0.4, -0.2) is 55.8 Å². The fraction of sp³-hybridized carbons (Fsp3) is 0.240. The van der Waals surface area contributed by atoms with E-state index in [-0.39, 0.29) is 6.04 Å². The monoisotopic (exact) mass is 502 g/mol. The smallest absolute Gasteiger partial charge is 0.226 e. The molecule has 5 aromatic rings. The normalized spacial score (nSPS) is 15.5. The number of nitrogens with zero attached hydrogens (tertiary/aromatic N) is 7. The fourth-order valence-electron chi connectivity index (χ4n) is 4.20. The summed E-state index contributed by atoms with van der Waals surface area (Å²) in [5.74, 6) is 2.36. The van der Waals surface area contributed by atoms with E-state index in [4.69, 9.17) is 26.1 Å². The zero-order valence-electron chi connectivity index (χ0n) is 19.7. The standard InChI is InChI=1S/C25H23ClN8O2/c1-33-14-30-19-10-17(4-5-21(19)33)36-22-6-3-15(9-18(22)26)31-24-23-20(28-13-29-24)11-27-25(32-23)34(2)16-7-8-35-12-16/h3-6,9-11,13-14,16H,7-8,12H2,1-2H3,(H,28,29,31)/t16-/m0/s1. The Morgan fingerprint density at radius 2 is 2.03 bits per heavy atom. The number of aromatic nitrogens is 6. The summed E-state index contributed by atoms with van der Waals surface area (Å²) in [7, 11) is 3.93. The summed E-state index contributed by atoms with van der Waals surface area (Å²) >= 11 is 6.56. The second kappa shape index (κ2) is 9.21. The molecule has 0 aliphatic carbocycles. The first-order valence-electron chi connectivity index (χ1n) is 11.5. The van der Waals surface area contributed by atoms with Crippen molar-refractivity contribution in [1.29, 1.82) is 0 Å². The number of rotatable bonds is 6. The molecule has 1 fully saturated rings. The molecule has 3 aromatic heterocycles. The summed E-state index contributed by atoms with van der Waals surface area (Å²) < 4.78 is 13.5. The largest absolute Gasteiger partial charge is 0.456 e. The first kappa shape index (κ1) is 22.4. The summed E-state index contributed by atoms with van der Waals surface area (Å²) in [5.41, 5.74) is 3.88. The van der Waals surface area contributed by atoms with Gasteiger partial charge < -0.3 is 24.3 Å². The number of imidazole rings is 1. The Morgan fingerprint density at radius 1 is 1.11 bits per heavy atom. The quantitative estimate of drug-likeness (QED) is 0.353. The molecular formula is C25H23ClN8O2. The van der Waals surface area contributed by atoms with Crippen molar-refractivity contribution in [2.75, 3.05) is 30.5 Å². The van der Waals surface area contributed by atoms with Gasteiger partial charge in [0, 0.05) is 32.5 Å². The number of anilines is 3. The first-order valence-corrected chi connectivity index (χ1v) is 11.9. The molecule has 2 aromatic carbocycles. The average molecular weight is 503 g/mol. The number of likely N-dealkylation sites (N-methyl/N-ethyl adjacent to an activating group) is 1. The minimum atomic E-state index is 0.244. The van der Waals surface area contributed by atoms with Crippen LogP contribution in [0.5, 0.6) is 11.5 Å². The van der Waals surface area contributed by atoms with Crippen molar-refractivity contribution in [2.24, 2.45) is 7.05 Å². The molecule has 11 heteroatoms. The van der Waals surface area contributed by atoms with Crippen molar-refractivity contribution in [3.8, 4) is 11.5 Å². The highest BCUT2D eigenvalue weighted by Crippen LogP contribution is 2.34. The van der Waals surface area contributed by atoms with Crippen LogP contribution in [0.4, 0.5) is 17.5 Å². The number of hydrogen-bond acceptors (Lipinski definition) is 9. The van der Waals surface area contributed by atoms with Crippen LogP contribution >= 0.6 is 11.6 Å². The second-order valence-electron chi connectivity index (χ2n) is 8.63. The number of halogens is 1. The van der Waals surface area contributed by atoms with Gasteiger partial charge in [-0.05, 0) is 36.8 Å². The van der Waals surface area contributed by atoms with Crippen LogP contribution in [-0.2, 0) is 11.8 Å². The van der Waals surface area contributed by atoms with Gasteiger partial charge in [-0.3, -0.25) is 0 Å². The lowest BCUT2D eigenvalue weighted by atomic mass is 10.2. The molecular weight excluding hydrogens is 480 g/mol. The van der Waals surface area contributed by atoms with E-state index in [1.54, 1.807) is 18.6 Å². The molecule has 0 amide bonds. The molecule has 0 unspecified atom stereocenters. The first-order chi connectivity index (χ1) is 17.5. The van der Waals surface area contributed by atoms with Gasteiger partial charge in [0.25, 0.3) is 0 Å². The van der Waals surface area contributed by atoms with Gasteiger partial charge >= 0.3 is 0 Å². The maximum absolute atomic E-state index is 6.56. The third-order valence-electron chi connectivity index (χ3n) is 6.25. The highest BCUT2D eigenvalue weighted by atomic mass is 35.5. The number of ether oxygens (including phenoxy) is 2. The third-order valence-corrected chi connectivity index (χ3v) is 6.55. The van der Waals surface area contributed by atoms with Crippen molar-refractivity contribution >= 4 is 51.1 Å². The van der Waals surface area contributed by atoms with Gasteiger partial charge in [0.15, 0.2) is 5.82 Å². The number of benzene rings is 2. The molecule has 182 valence electrons. The highest BCUT2D eigenvalue weighted by molar-refractivity contribution is 6.32. The summed E-state index contributed by atoms with van der Waals surface area (Å²) in [4.78, 5) is 24.4. The summed E-state index contributed by atoms with van der Waals surface area (Å²) in [6.45, 7) is 1.41. The molecule has 4 heterocycles. The lowest BCUT2D eigenvalue weighted by molar-refractivity contribution is 0.193. The minimum Gasteiger partial charge on any atom is -0.456 e. The van der Waals surface area contributed by atoms with E-state index < -0.39 is 0 Å². The zero-order valence-corrected chi connectivity index (χ0v) is 20.5. The van der Waals surface area contributed by atoms with Crippen LogP contribution in [0.1, 0.15) is 6.42 Å². The molecule has 0 saturated carbocycles. The molecule has 0 bridgehead atoms. The minimum absolute atomic E-state index is 0.244. The lowest BCUT2D eigenvalue weighted by Gasteiger charge is -2.23. The second-order valence-corrected chi connectivity index (χ2v) is 9.04. The van der Waals surface area contributed by atoms with Crippen molar-refractivity contribution in [3.63, 3.8) is 0 Å². The Labute approximate surface area is 211 Å². The lowest BCUT2D eigenvalue weighted by Crippen LogP contribution is -2.33. The summed E-state index contributed by atoms with van der Waals surface area (Å²) in [5, 5.41) is 3.76. The van der Waals surface area contributed by atoms with E-state index in [9.17, 15) is 0 Å². The van der Waals surface area contributed by atoms with Crippen LogP contribution in [0.2, 0.25) is 5.02 Å². The van der Waals surface area contributed by atoms with Crippen molar-refractivity contribution in [2.45, 2.75) is 12.5 Å². The molecule has 0 spiro atoms. The average Bonchev–Trinajstić information content (AvgIpc) is 3.56. The predicted octanol–water partition coefficient (Wildman–Crippen LogP) is 4.72. The Hall–Kier alpha value is -4.02. The van der Waals surface area contributed by atoms with E-state index in [0.29, 0.717) is 45.9 Å². The molecule has 36 heavy (non-hydrogen) atoms.